The molecular weight excluding hydrogens is 237 g/mol. The molecule has 0 spiro atoms. The largest absolute Gasteiger partial charge is 0.506 e. The van der Waals surface area contributed by atoms with Gasteiger partial charge < -0.3 is 9.84 Å². The molecule has 0 heterocycles. The smallest absolute Gasteiger partial charge is 0.343 e. The third kappa shape index (κ3) is 2.74. The number of hydrogen-bond donors (Lipinski definition) is 1. The third-order valence-electron chi connectivity index (χ3n) is 2.45. The van der Waals surface area contributed by atoms with Gasteiger partial charge in [0.2, 0.25) is 0 Å². The molecule has 0 fully saturated rings. The van der Waals surface area contributed by atoms with Gasteiger partial charge in [0.25, 0.3) is 0 Å². The summed E-state index contributed by atoms with van der Waals surface area (Å²) in [6.07, 6.45) is 0. The molecule has 0 bridgehead atoms. The van der Waals surface area contributed by atoms with Crippen molar-refractivity contribution < 1.29 is 19.0 Å². The first-order valence-electron chi connectivity index (χ1n) is 5.23. The van der Waals surface area contributed by atoms with Crippen molar-refractivity contribution in [2.24, 2.45) is 4.99 Å². The molecule has 0 radical (unpaired) electrons. The van der Waals surface area contributed by atoms with Crippen molar-refractivity contribution in [1.29, 1.82) is 0 Å². The van der Waals surface area contributed by atoms with Crippen LogP contribution < -0.4 is 0 Å². The Morgan fingerprint density at radius 1 is 1.39 bits per heavy atom. The van der Waals surface area contributed by atoms with Crippen LogP contribution in [0.2, 0.25) is 0 Å². The van der Waals surface area contributed by atoms with Crippen LogP contribution in [0.5, 0.6) is 0 Å². The van der Waals surface area contributed by atoms with E-state index in [1.807, 2.05) is 0 Å². The van der Waals surface area contributed by atoms with Crippen molar-refractivity contribution in [3.63, 3.8) is 0 Å². The number of benzene rings is 1. The molecule has 0 saturated heterocycles. The molecular formula is C13H14FNO3. The number of nitrogens with zero attached hydrogens (tertiary/aromatic N) is 1. The van der Waals surface area contributed by atoms with E-state index in [9.17, 15) is 14.3 Å². The van der Waals surface area contributed by atoms with Gasteiger partial charge in [0, 0.05) is 12.8 Å². The number of ether oxygens (including phenoxy) is 1. The summed E-state index contributed by atoms with van der Waals surface area (Å²) in [6, 6.07) is 5.61. The molecule has 0 saturated carbocycles. The normalized spacial score (nSPS) is 13.0. The molecule has 0 amide bonds. The summed E-state index contributed by atoms with van der Waals surface area (Å²) < 4.78 is 18.1. The predicted molar refractivity (Wildman–Crippen MR) is 67.0 cm³/mol. The second-order valence-corrected chi connectivity index (χ2v) is 3.50. The first-order chi connectivity index (χ1) is 8.52. The maximum atomic E-state index is 13.5. The minimum absolute atomic E-state index is 0.0686. The maximum Gasteiger partial charge on any atom is 0.343 e. The number of hydrogen-bond acceptors (Lipinski definition) is 4. The monoisotopic (exact) mass is 251 g/mol. The standard InChI is InChI=1S/C13H14FNO3/c1-8(15-2)11(13(17)18-3)12(16)9-6-4-5-7-10(9)14/h4-7,16H,1-3H3/b12-11-,15-8?. The van der Waals surface area contributed by atoms with Crippen LogP contribution in [0, 0.1) is 5.82 Å². The van der Waals surface area contributed by atoms with Crippen LogP contribution in [0.15, 0.2) is 34.8 Å². The molecule has 5 heteroatoms. The highest BCUT2D eigenvalue weighted by Gasteiger charge is 2.21. The first-order valence-corrected chi connectivity index (χ1v) is 5.23. The number of carbonyl (C=O) groups excluding carboxylic acids is 1. The van der Waals surface area contributed by atoms with E-state index in [1.165, 1.54) is 39.3 Å². The van der Waals surface area contributed by atoms with Crippen molar-refractivity contribution in [3.05, 3.63) is 41.2 Å². The molecule has 4 nitrogen and oxygen atoms in total. The topological polar surface area (TPSA) is 58.9 Å². The van der Waals surface area contributed by atoms with Gasteiger partial charge in [-0.1, -0.05) is 12.1 Å². The van der Waals surface area contributed by atoms with E-state index in [0.29, 0.717) is 0 Å². The fraction of sp³-hybridized carbons (Fsp3) is 0.231. The quantitative estimate of drug-likeness (QED) is 0.388. The van der Waals surface area contributed by atoms with Gasteiger partial charge in [0.05, 0.1) is 12.7 Å². The Morgan fingerprint density at radius 3 is 2.50 bits per heavy atom. The van der Waals surface area contributed by atoms with Gasteiger partial charge in [-0.2, -0.15) is 0 Å². The molecule has 0 atom stereocenters. The van der Waals surface area contributed by atoms with Gasteiger partial charge in [0.15, 0.2) is 0 Å². The van der Waals surface area contributed by atoms with Crippen molar-refractivity contribution in [2.45, 2.75) is 6.92 Å². The van der Waals surface area contributed by atoms with E-state index in [-0.39, 0.29) is 16.8 Å². The summed E-state index contributed by atoms with van der Waals surface area (Å²) >= 11 is 0. The second-order valence-electron chi connectivity index (χ2n) is 3.50. The van der Waals surface area contributed by atoms with Crippen molar-refractivity contribution in [1.82, 2.24) is 0 Å². The number of aliphatic hydroxyl groups is 1. The van der Waals surface area contributed by atoms with E-state index >= 15 is 0 Å². The predicted octanol–water partition coefficient (Wildman–Crippen LogP) is 2.36. The summed E-state index contributed by atoms with van der Waals surface area (Å²) in [4.78, 5) is 15.4. The first kappa shape index (κ1) is 13.9. The average Bonchev–Trinajstić information content (AvgIpc) is 2.38. The van der Waals surface area contributed by atoms with Crippen LogP contribution in [0.3, 0.4) is 0 Å². The van der Waals surface area contributed by atoms with Crippen LogP contribution in [0.1, 0.15) is 12.5 Å². The van der Waals surface area contributed by atoms with Crippen LogP contribution in [0.25, 0.3) is 5.76 Å². The van der Waals surface area contributed by atoms with E-state index in [0.717, 1.165) is 0 Å². The van der Waals surface area contributed by atoms with Crippen LogP contribution in [0.4, 0.5) is 4.39 Å². The molecule has 0 unspecified atom stereocenters. The molecule has 0 aliphatic heterocycles. The fourth-order valence-electron chi connectivity index (χ4n) is 1.42. The molecule has 1 aromatic carbocycles. The molecule has 1 rings (SSSR count). The summed E-state index contributed by atoms with van der Waals surface area (Å²) in [5.74, 6) is -1.87. The minimum atomic E-state index is -0.765. The van der Waals surface area contributed by atoms with E-state index in [4.69, 9.17) is 0 Å². The number of esters is 1. The Kier molecular flexibility index (Phi) is 4.59. The number of rotatable bonds is 3. The zero-order valence-electron chi connectivity index (χ0n) is 10.4. The lowest BCUT2D eigenvalue weighted by atomic mass is 10.0. The van der Waals surface area contributed by atoms with Crippen molar-refractivity contribution in [3.8, 4) is 0 Å². The van der Waals surface area contributed by atoms with E-state index < -0.39 is 17.5 Å². The lowest BCUT2D eigenvalue weighted by Gasteiger charge is -2.09. The fourth-order valence-corrected chi connectivity index (χ4v) is 1.42. The van der Waals surface area contributed by atoms with Crippen LogP contribution in [-0.2, 0) is 9.53 Å². The molecule has 0 aliphatic carbocycles. The van der Waals surface area contributed by atoms with Gasteiger partial charge in [0.1, 0.15) is 17.1 Å². The Labute approximate surface area is 104 Å². The summed E-state index contributed by atoms with van der Waals surface area (Å²) in [5, 5.41) is 10.0. The Morgan fingerprint density at radius 2 is 2.00 bits per heavy atom. The number of methoxy groups -OCH3 is 1. The number of halogens is 1. The summed E-state index contributed by atoms with van der Waals surface area (Å²) in [6.45, 7) is 1.53. The minimum Gasteiger partial charge on any atom is -0.506 e. The van der Waals surface area contributed by atoms with Gasteiger partial charge >= 0.3 is 5.97 Å². The lowest BCUT2D eigenvalue weighted by Crippen LogP contribution is -2.15. The van der Waals surface area contributed by atoms with Gasteiger partial charge in [-0.25, -0.2) is 9.18 Å². The maximum absolute atomic E-state index is 13.5. The van der Waals surface area contributed by atoms with Crippen LogP contribution in [-0.4, -0.2) is 30.9 Å². The zero-order valence-corrected chi connectivity index (χ0v) is 10.4. The van der Waals surface area contributed by atoms with Crippen molar-refractivity contribution in [2.75, 3.05) is 14.2 Å². The van der Waals surface area contributed by atoms with E-state index in [1.54, 1.807) is 6.07 Å². The Balaban J connectivity index is 3.46. The molecule has 1 aromatic rings. The average molecular weight is 251 g/mol. The van der Waals surface area contributed by atoms with Crippen LogP contribution >= 0.6 is 0 Å². The van der Waals surface area contributed by atoms with Gasteiger partial charge in [-0.3, -0.25) is 4.99 Å². The highest BCUT2D eigenvalue weighted by molar-refractivity contribution is 6.23. The van der Waals surface area contributed by atoms with E-state index in [2.05, 4.69) is 9.73 Å². The molecule has 1 N–H and O–H groups in total. The highest BCUT2D eigenvalue weighted by Crippen LogP contribution is 2.21. The molecule has 96 valence electrons. The van der Waals surface area contributed by atoms with Gasteiger partial charge in [-0.05, 0) is 19.1 Å². The van der Waals surface area contributed by atoms with Crippen molar-refractivity contribution >= 4 is 17.4 Å². The number of aliphatic hydroxyl groups excluding tert-OH is 1. The zero-order chi connectivity index (χ0) is 13.7. The summed E-state index contributed by atoms with van der Waals surface area (Å²) in [5.41, 5.74) is 0.0496. The second kappa shape index (κ2) is 5.95. The Hall–Kier alpha value is -2.17. The molecule has 0 aromatic heterocycles. The lowest BCUT2D eigenvalue weighted by molar-refractivity contribution is -0.135. The molecule has 18 heavy (non-hydrogen) atoms. The number of aliphatic imine (C=N–C) groups is 1. The molecule has 0 aliphatic rings. The summed E-state index contributed by atoms with van der Waals surface area (Å²) in [7, 11) is 2.65. The van der Waals surface area contributed by atoms with Gasteiger partial charge in [-0.15, -0.1) is 0 Å². The highest BCUT2D eigenvalue weighted by atomic mass is 19.1. The number of carbonyl (C=O) groups is 1. The Bertz CT molecular complexity index is 521. The SMILES string of the molecule is CN=C(C)/C(C(=O)OC)=C(/O)c1ccccc1F. The third-order valence-corrected chi connectivity index (χ3v) is 2.45.